The second kappa shape index (κ2) is 3.86. The van der Waals surface area contributed by atoms with Crippen LogP contribution in [0.2, 0.25) is 0 Å². The number of rotatable bonds is 2. The summed E-state index contributed by atoms with van der Waals surface area (Å²) in [6.07, 6.45) is 5.15. The van der Waals surface area contributed by atoms with Crippen molar-refractivity contribution < 1.29 is 4.39 Å². The van der Waals surface area contributed by atoms with Gasteiger partial charge in [-0.2, -0.15) is 0 Å². The van der Waals surface area contributed by atoms with Gasteiger partial charge in [-0.3, -0.25) is 5.84 Å². The van der Waals surface area contributed by atoms with Crippen molar-refractivity contribution in [2.45, 2.75) is 6.04 Å². The van der Waals surface area contributed by atoms with Crippen LogP contribution in [0, 0.1) is 18.2 Å². The van der Waals surface area contributed by atoms with Gasteiger partial charge in [0.2, 0.25) is 0 Å². The summed E-state index contributed by atoms with van der Waals surface area (Å²) < 4.78 is 12.7. The molecule has 0 saturated heterocycles. The maximum Gasteiger partial charge on any atom is 0.123 e. The lowest BCUT2D eigenvalue weighted by Crippen LogP contribution is -2.26. The monoisotopic (exact) mass is 164 g/mol. The van der Waals surface area contributed by atoms with Crippen molar-refractivity contribution in [2.24, 2.45) is 5.84 Å². The molecule has 0 amide bonds. The molecular formula is C9H9FN2. The molecule has 0 aliphatic rings. The highest BCUT2D eigenvalue weighted by atomic mass is 19.1. The van der Waals surface area contributed by atoms with Gasteiger partial charge < -0.3 is 0 Å². The molecule has 0 aliphatic heterocycles. The number of benzene rings is 1. The molecule has 1 rings (SSSR count). The summed E-state index contributed by atoms with van der Waals surface area (Å²) in [6.45, 7) is 0. The minimum absolute atomic E-state index is 0.317. The molecule has 0 saturated carbocycles. The fraction of sp³-hybridized carbons (Fsp3) is 0.111. The van der Waals surface area contributed by atoms with Crippen molar-refractivity contribution in [3.8, 4) is 12.3 Å². The maximum absolute atomic E-state index is 12.7. The summed E-state index contributed by atoms with van der Waals surface area (Å²) in [5, 5.41) is 0. The van der Waals surface area contributed by atoms with Crippen molar-refractivity contribution >= 4 is 0 Å². The highest BCUT2D eigenvalue weighted by Crippen LogP contribution is 2.11. The van der Waals surface area contributed by atoms with E-state index in [2.05, 4.69) is 11.3 Å². The summed E-state index contributed by atoms with van der Waals surface area (Å²) in [5.41, 5.74) is 3.05. The van der Waals surface area contributed by atoms with E-state index in [1.165, 1.54) is 12.1 Å². The fourth-order valence-corrected chi connectivity index (χ4v) is 0.927. The van der Waals surface area contributed by atoms with Gasteiger partial charge in [-0.25, -0.2) is 9.82 Å². The zero-order chi connectivity index (χ0) is 8.97. The molecule has 1 unspecified atom stereocenters. The Balaban J connectivity index is 2.95. The summed E-state index contributed by atoms with van der Waals surface area (Å²) in [5.74, 6) is 7.23. The van der Waals surface area contributed by atoms with Crippen LogP contribution in [0.1, 0.15) is 11.6 Å². The standard InChI is InChI=1S/C9H9FN2/c1-2-9(12-11)7-4-3-5-8(10)6-7/h1,3-6,9,12H,11H2. The quantitative estimate of drug-likeness (QED) is 0.388. The van der Waals surface area contributed by atoms with Gasteiger partial charge in [-0.1, -0.05) is 18.1 Å². The van der Waals surface area contributed by atoms with Crippen molar-refractivity contribution in [3.63, 3.8) is 0 Å². The number of hydrogen-bond donors (Lipinski definition) is 2. The minimum atomic E-state index is -0.430. The molecule has 2 nitrogen and oxygen atoms in total. The molecule has 0 aromatic heterocycles. The molecule has 0 aliphatic carbocycles. The Morgan fingerprint density at radius 3 is 2.83 bits per heavy atom. The van der Waals surface area contributed by atoms with Gasteiger partial charge >= 0.3 is 0 Å². The van der Waals surface area contributed by atoms with Crippen LogP contribution < -0.4 is 11.3 Å². The highest BCUT2D eigenvalue weighted by Gasteiger charge is 2.04. The van der Waals surface area contributed by atoms with E-state index in [-0.39, 0.29) is 5.82 Å². The molecule has 0 fully saturated rings. The highest BCUT2D eigenvalue weighted by molar-refractivity contribution is 5.25. The molecule has 1 aromatic rings. The van der Waals surface area contributed by atoms with Gasteiger partial charge in [0.05, 0.1) is 0 Å². The maximum atomic E-state index is 12.7. The third-order valence-electron chi connectivity index (χ3n) is 1.52. The lowest BCUT2D eigenvalue weighted by Gasteiger charge is -2.08. The Labute approximate surface area is 70.6 Å². The number of hydrazine groups is 1. The number of hydrogen-bond acceptors (Lipinski definition) is 2. The van der Waals surface area contributed by atoms with Gasteiger partial charge in [0.1, 0.15) is 11.9 Å². The van der Waals surface area contributed by atoms with E-state index >= 15 is 0 Å². The Bertz CT molecular complexity index is 304. The van der Waals surface area contributed by atoms with Crippen molar-refractivity contribution in [1.82, 2.24) is 5.43 Å². The zero-order valence-electron chi connectivity index (χ0n) is 6.42. The van der Waals surface area contributed by atoms with Crippen molar-refractivity contribution in [1.29, 1.82) is 0 Å². The Morgan fingerprint density at radius 2 is 2.33 bits per heavy atom. The van der Waals surface area contributed by atoms with Crippen molar-refractivity contribution in [2.75, 3.05) is 0 Å². The van der Waals surface area contributed by atoms with Gasteiger partial charge in [0.25, 0.3) is 0 Å². The van der Waals surface area contributed by atoms with E-state index in [9.17, 15) is 4.39 Å². The third kappa shape index (κ3) is 1.82. The second-order valence-corrected chi connectivity index (χ2v) is 2.32. The molecule has 62 valence electrons. The molecule has 1 atom stereocenters. The first kappa shape index (κ1) is 8.72. The van der Waals surface area contributed by atoms with E-state index in [0.29, 0.717) is 5.56 Å². The van der Waals surface area contributed by atoms with Crippen LogP contribution in [0.5, 0.6) is 0 Å². The van der Waals surface area contributed by atoms with Crippen molar-refractivity contribution in [3.05, 3.63) is 35.6 Å². The van der Waals surface area contributed by atoms with Crippen LogP contribution in [0.4, 0.5) is 4.39 Å². The summed E-state index contributed by atoms with van der Waals surface area (Å²) in [7, 11) is 0. The predicted octanol–water partition coefficient (Wildman–Crippen LogP) is 0.963. The molecule has 3 N–H and O–H groups in total. The SMILES string of the molecule is C#CC(NN)c1cccc(F)c1. The first-order chi connectivity index (χ1) is 5.77. The molecular weight excluding hydrogens is 155 g/mol. The van der Waals surface area contributed by atoms with Crippen LogP contribution in [0.15, 0.2) is 24.3 Å². The molecule has 0 radical (unpaired) electrons. The zero-order valence-corrected chi connectivity index (χ0v) is 6.42. The first-order valence-electron chi connectivity index (χ1n) is 3.45. The molecule has 0 bridgehead atoms. The predicted molar refractivity (Wildman–Crippen MR) is 45.3 cm³/mol. The second-order valence-electron chi connectivity index (χ2n) is 2.32. The van der Waals surface area contributed by atoms with Crippen LogP contribution >= 0.6 is 0 Å². The molecule has 0 spiro atoms. The topological polar surface area (TPSA) is 38.0 Å². The van der Waals surface area contributed by atoms with E-state index < -0.39 is 6.04 Å². The van der Waals surface area contributed by atoms with Crippen LogP contribution in [-0.2, 0) is 0 Å². The van der Waals surface area contributed by atoms with Gasteiger partial charge in [-0.05, 0) is 17.7 Å². The molecule has 3 heteroatoms. The molecule has 12 heavy (non-hydrogen) atoms. The normalized spacial score (nSPS) is 12.1. The van der Waals surface area contributed by atoms with E-state index in [4.69, 9.17) is 12.3 Å². The lowest BCUT2D eigenvalue weighted by atomic mass is 10.1. The van der Waals surface area contributed by atoms with E-state index in [0.717, 1.165) is 0 Å². The molecule has 1 aromatic carbocycles. The van der Waals surface area contributed by atoms with Crippen LogP contribution in [0.25, 0.3) is 0 Å². The summed E-state index contributed by atoms with van der Waals surface area (Å²) in [4.78, 5) is 0. The fourth-order valence-electron chi connectivity index (χ4n) is 0.927. The Kier molecular flexibility index (Phi) is 2.81. The minimum Gasteiger partial charge on any atom is -0.270 e. The van der Waals surface area contributed by atoms with E-state index in [1.54, 1.807) is 12.1 Å². The smallest absolute Gasteiger partial charge is 0.123 e. The largest absolute Gasteiger partial charge is 0.270 e. The molecule has 0 heterocycles. The summed E-state index contributed by atoms with van der Waals surface area (Å²) in [6, 6.07) is 5.58. The average Bonchev–Trinajstić information content (AvgIpc) is 2.07. The van der Waals surface area contributed by atoms with Crippen LogP contribution in [-0.4, -0.2) is 0 Å². The third-order valence-corrected chi connectivity index (χ3v) is 1.52. The first-order valence-corrected chi connectivity index (χ1v) is 3.45. The number of nitrogens with one attached hydrogen (secondary N) is 1. The number of halogens is 1. The van der Waals surface area contributed by atoms with Gasteiger partial charge in [-0.15, -0.1) is 6.42 Å². The van der Waals surface area contributed by atoms with Crippen LogP contribution in [0.3, 0.4) is 0 Å². The number of nitrogens with two attached hydrogens (primary N) is 1. The Hall–Kier alpha value is -1.37. The summed E-state index contributed by atoms with van der Waals surface area (Å²) >= 11 is 0. The van der Waals surface area contributed by atoms with E-state index in [1.807, 2.05) is 0 Å². The Morgan fingerprint density at radius 1 is 1.58 bits per heavy atom. The van der Waals surface area contributed by atoms with Gasteiger partial charge in [0, 0.05) is 0 Å². The average molecular weight is 164 g/mol. The lowest BCUT2D eigenvalue weighted by molar-refractivity contribution is 0.615. The number of terminal acetylenes is 1. The van der Waals surface area contributed by atoms with Gasteiger partial charge in [0.15, 0.2) is 0 Å².